The van der Waals surface area contributed by atoms with Crippen LogP contribution in [0.15, 0.2) is 0 Å². The number of hydrogen-bond acceptors (Lipinski definition) is 4. The first-order chi connectivity index (χ1) is 7.88. The lowest BCUT2D eigenvalue weighted by molar-refractivity contribution is -0.153. The number of ether oxygens (including phenoxy) is 2. The fourth-order valence-electron chi connectivity index (χ4n) is 1.16. The van der Waals surface area contributed by atoms with Gasteiger partial charge in [-0.1, -0.05) is 0 Å². The van der Waals surface area contributed by atoms with Crippen molar-refractivity contribution in [1.29, 1.82) is 0 Å². The molecule has 0 saturated carbocycles. The van der Waals surface area contributed by atoms with Gasteiger partial charge in [0.15, 0.2) is 0 Å². The topological polar surface area (TPSA) is 52.6 Å². The molecule has 4 heteroatoms. The Morgan fingerprint density at radius 3 is 2.18 bits per heavy atom. The van der Waals surface area contributed by atoms with Crippen molar-refractivity contribution in [3.8, 4) is 0 Å². The third kappa shape index (κ3) is 8.72. The summed E-state index contributed by atoms with van der Waals surface area (Å²) in [5.41, 5.74) is -0.440. The first kappa shape index (κ1) is 15.9. The van der Waals surface area contributed by atoms with Crippen LogP contribution >= 0.6 is 0 Å². The quantitative estimate of drug-likeness (QED) is 0.510. The summed E-state index contributed by atoms with van der Waals surface area (Å²) >= 11 is 0. The highest BCUT2D eigenvalue weighted by Crippen LogP contribution is 2.15. The van der Waals surface area contributed by atoms with E-state index in [4.69, 9.17) is 9.47 Å². The molecular formula is C13H24O4. The molecule has 0 aromatic rings. The molecule has 0 aliphatic carbocycles. The van der Waals surface area contributed by atoms with Crippen molar-refractivity contribution in [1.82, 2.24) is 0 Å². The Hall–Kier alpha value is -1.06. The van der Waals surface area contributed by atoms with Gasteiger partial charge in [-0.2, -0.15) is 0 Å². The monoisotopic (exact) mass is 244 g/mol. The summed E-state index contributed by atoms with van der Waals surface area (Å²) in [6.07, 6.45) is 2.89. The van der Waals surface area contributed by atoms with E-state index in [1.165, 1.54) is 0 Å². The lowest BCUT2D eigenvalue weighted by Crippen LogP contribution is -2.23. The second-order valence-corrected chi connectivity index (χ2v) is 5.00. The summed E-state index contributed by atoms with van der Waals surface area (Å²) in [7, 11) is 0. The van der Waals surface area contributed by atoms with E-state index in [0.717, 1.165) is 19.3 Å². The Morgan fingerprint density at radius 1 is 1.00 bits per heavy atom. The van der Waals surface area contributed by atoms with Gasteiger partial charge < -0.3 is 9.47 Å². The lowest BCUT2D eigenvalue weighted by Gasteiger charge is -2.16. The van der Waals surface area contributed by atoms with Crippen molar-refractivity contribution < 1.29 is 19.1 Å². The van der Waals surface area contributed by atoms with Crippen molar-refractivity contribution in [3.05, 3.63) is 0 Å². The Morgan fingerprint density at radius 2 is 1.65 bits per heavy atom. The minimum Gasteiger partial charge on any atom is -0.466 e. The van der Waals surface area contributed by atoms with Crippen LogP contribution in [-0.4, -0.2) is 25.2 Å². The average Bonchev–Trinajstić information content (AvgIpc) is 2.21. The van der Waals surface area contributed by atoms with Gasteiger partial charge >= 0.3 is 11.9 Å². The molecule has 0 saturated heterocycles. The van der Waals surface area contributed by atoms with Crippen LogP contribution in [0.4, 0.5) is 0 Å². The van der Waals surface area contributed by atoms with Gasteiger partial charge in [0.25, 0.3) is 0 Å². The number of esters is 2. The Balaban J connectivity index is 3.42. The molecule has 0 fully saturated rings. The summed E-state index contributed by atoms with van der Waals surface area (Å²) in [5, 5.41) is 0. The lowest BCUT2D eigenvalue weighted by atomic mass is 9.97. The molecule has 4 nitrogen and oxygen atoms in total. The van der Waals surface area contributed by atoms with Crippen LogP contribution in [0.3, 0.4) is 0 Å². The van der Waals surface area contributed by atoms with E-state index in [9.17, 15) is 9.59 Å². The smallest absolute Gasteiger partial charge is 0.311 e. The summed E-state index contributed by atoms with van der Waals surface area (Å²) in [4.78, 5) is 22.4. The van der Waals surface area contributed by atoms with Gasteiger partial charge in [-0.15, -0.1) is 0 Å². The van der Waals surface area contributed by atoms with Crippen molar-refractivity contribution in [2.24, 2.45) is 5.41 Å². The second kappa shape index (κ2) is 8.09. The molecule has 0 aromatic heterocycles. The SMILES string of the molecule is CCOC(=O)CCCCCOC(=O)C(C)(C)C. The molecule has 0 aliphatic rings. The zero-order chi connectivity index (χ0) is 13.3. The molecule has 0 radical (unpaired) electrons. The maximum atomic E-state index is 11.4. The van der Waals surface area contributed by atoms with Crippen LogP contribution in [0.2, 0.25) is 0 Å². The highest BCUT2D eigenvalue weighted by Gasteiger charge is 2.22. The van der Waals surface area contributed by atoms with Crippen LogP contribution in [-0.2, 0) is 19.1 Å². The molecule has 0 atom stereocenters. The van der Waals surface area contributed by atoms with E-state index in [1.54, 1.807) is 6.92 Å². The van der Waals surface area contributed by atoms with Gasteiger partial charge in [0.2, 0.25) is 0 Å². The molecule has 0 amide bonds. The van der Waals surface area contributed by atoms with E-state index in [0.29, 0.717) is 19.6 Å². The summed E-state index contributed by atoms with van der Waals surface area (Å²) in [6.45, 7) is 8.15. The van der Waals surface area contributed by atoms with E-state index < -0.39 is 5.41 Å². The first-order valence-electron chi connectivity index (χ1n) is 6.20. The fourth-order valence-corrected chi connectivity index (χ4v) is 1.16. The van der Waals surface area contributed by atoms with Gasteiger partial charge in [0, 0.05) is 6.42 Å². The molecule has 0 unspecified atom stereocenters. The normalized spacial score (nSPS) is 11.1. The molecule has 100 valence electrons. The maximum Gasteiger partial charge on any atom is 0.311 e. The highest BCUT2D eigenvalue weighted by molar-refractivity contribution is 5.75. The number of carbonyl (C=O) groups excluding carboxylic acids is 2. The zero-order valence-electron chi connectivity index (χ0n) is 11.4. The largest absolute Gasteiger partial charge is 0.466 e. The van der Waals surface area contributed by atoms with Crippen molar-refractivity contribution in [2.75, 3.05) is 13.2 Å². The maximum absolute atomic E-state index is 11.4. The Bertz CT molecular complexity index is 240. The molecular weight excluding hydrogens is 220 g/mol. The van der Waals surface area contributed by atoms with Crippen LogP contribution in [0, 0.1) is 5.41 Å². The summed E-state index contributed by atoms with van der Waals surface area (Å²) in [5.74, 6) is -0.331. The van der Waals surface area contributed by atoms with Gasteiger partial charge in [-0.05, 0) is 47.0 Å². The van der Waals surface area contributed by atoms with Crippen LogP contribution < -0.4 is 0 Å². The van der Waals surface area contributed by atoms with Crippen LogP contribution in [0.1, 0.15) is 53.4 Å². The molecule has 0 aromatic carbocycles. The molecule has 0 spiro atoms. The Kier molecular flexibility index (Phi) is 7.59. The fraction of sp³-hybridized carbons (Fsp3) is 0.846. The predicted octanol–water partition coefficient (Wildman–Crippen LogP) is 2.70. The van der Waals surface area contributed by atoms with E-state index >= 15 is 0 Å². The van der Waals surface area contributed by atoms with E-state index in [-0.39, 0.29) is 11.9 Å². The molecule has 0 bridgehead atoms. The molecule has 0 rings (SSSR count). The number of rotatable bonds is 7. The Labute approximate surface area is 104 Å². The highest BCUT2D eigenvalue weighted by atomic mass is 16.5. The summed E-state index contributed by atoms with van der Waals surface area (Å²) < 4.78 is 9.91. The van der Waals surface area contributed by atoms with Crippen LogP contribution in [0.5, 0.6) is 0 Å². The minimum absolute atomic E-state index is 0.154. The van der Waals surface area contributed by atoms with Crippen molar-refractivity contribution >= 4 is 11.9 Å². The third-order valence-electron chi connectivity index (χ3n) is 2.18. The molecule has 0 heterocycles. The van der Waals surface area contributed by atoms with Crippen LogP contribution in [0.25, 0.3) is 0 Å². The first-order valence-corrected chi connectivity index (χ1v) is 6.20. The van der Waals surface area contributed by atoms with Gasteiger partial charge in [0.1, 0.15) is 0 Å². The molecule has 0 aliphatic heterocycles. The number of hydrogen-bond donors (Lipinski definition) is 0. The molecule has 17 heavy (non-hydrogen) atoms. The van der Waals surface area contributed by atoms with Crippen molar-refractivity contribution in [3.63, 3.8) is 0 Å². The van der Waals surface area contributed by atoms with E-state index in [1.807, 2.05) is 20.8 Å². The van der Waals surface area contributed by atoms with Crippen molar-refractivity contribution in [2.45, 2.75) is 53.4 Å². The average molecular weight is 244 g/mol. The number of unbranched alkanes of at least 4 members (excludes halogenated alkanes) is 2. The number of carbonyl (C=O) groups is 2. The van der Waals surface area contributed by atoms with Gasteiger partial charge in [-0.3, -0.25) is 9.59 Å². The predicted molar refractivity (Wildman–Crippen MR) is 65.5 cm³/mol. The third-order valence-corrected chi connectivity index (χ3v) is 2.18. The second-order valence-electron chi connectivity index (χ2n) is 5.00. The zero-order valence-corrected chi connectivity index (χ0v) is 11.4. The minimum atomic E-state index is -0.440. The standard InChI is InChI=1S/C13H24O4/c1-5-16-11(14)9-7-6-8-10-17-12(15)13(2,3)4/h5-10H2,1-4H3. The van der Waals surface area contributed by atoms with E-state index in [2.05, 4.69) is 0 Å². The van der Waals surface area contributed by atoms with Gasteiger partial charge in [-0.25, -0.2) is 0 Å². The summed E-state index contributed by atoms with van der Waals surface area (Å²) in [6, 6.07) is 0. The van der Waals surface area contributed by atoms with Gasteiger partial charge in [0.05, 0.1) is 18.6 Å². The molecule has 0 N–H and O–H groups in total.